The summed E-state index contributed by atoms with van der Waals surface area (Å²) >= 11 is 0. The Bertz CT molecular complexity index is 820. The van der Waals surface area contributed by atoms with Gasteiger partial charge in [-0.25, -0.2) is 0 Å². The summed E-state index contributed by atoms with van der Waals surface area (Å²) < 4.78 is 5.13. The number of amides is 1. The van der Waals surface area contributed by atoms with Crippen molar-refractivity contribution in [2.75, 3.05) is 27.3 Å². The van der Waals surface area contributed by atoms with Crippen LogP contribution in [0.2, 0.25) is 0 Å². The van der Waals surface area contributed by atoms with Gasteiger partial charge >= 0.3 is 0 Å². The first-order chi connectivity index (χ1) is 13.1. The van der Waals surface area contributed by atoms with Gasteiger partial charge < -0.3 is 15.0 Å². The second-order valence-corrected chi connectivity index (χ2v) is 6.76. The second kappa shape index (κ2) is 8.77. The number of nitrogens with one attached hydrogen (secondary N) is 1. The van der Waals surface area contributed by atoms with E-state index in [1.165, 1.54) is 0 Å². The molecule has 0 saturated heterocycles. The van der Waals surface area contributed by atoms with Crippen molar-refractivity contribution in [3.05, 3.63) is 65.0 Å². The molecule has 0 fully saturated rings. The molecule has 0 saturated carbocycles. The number of carbonyl (C=O) groups is 1. The third-order valence-electron chi connectivity index (χ3n) is 4.70. The molecule has 1 aromatic carbocycles. The van der Waals surface area contributed by atoms with Gasteiger partial charge in [0.15, 0.2) is 0 Å². The number of fused-ring (bicyclic) bond motifs is 1. The van der Waals surface area contributed by atoms with Crippen molar-refractivity contribution in [2.24, 2.45) is 4.99 Å². The highest BCUT2D eigenvalue weighted by atomic mass is 16.5. The molecule has 142 valence electrons. The Kier molecular flexibility index (Phi) is 6.19. The van der Waals surface area contributed by atoms with E-state index in [2.05, 4.69) is 20.2 Å². The van der Waals surface area contributed by atoms with Crippen molar-refractivity contribution < 1.29 is 9.53 Å². The monoisotopic (exact) mass is 366 g/mol. The summed E-state index contributed by atoms with van der Waals surface area (Å²) in [6.45, 7) is 4.03. The Morgan fingerprint density at radius 1 is 1.33 bits per heavy atom. The normalized spacial score (nSPS) is 13.7. The van der Waals surface area contributed by atoms with Gasteiger partial charge in [-0.1, -0.05) is 30.3 Å². The van der Waals surface area contributed by atoms with Crippen molar-refractivity contribution in [2.45, 2.75) is 25.9 Å². The average Bonchev–Trinajstić information content (AvgIpc) is 3.10. The maximum Gasteiger partial charge on any atom is 0.226 e. The fraction of sp³-hybridized carbons (Fsp3) is 0.381. The topological polar surface area (TPSA) is 66.8 Å². The number of aliphatic imine (C=N–C) groups is 1. The molecule has 1 aliphatic rings. The number of pyridine rings is 1. The van der Waals surface area contributed by atoms with Gasteiger partial charge in [-0.3, -0.25) is 14.8 Å². The maximum atomic E-state index is 12.4. The molecule has 2 aromatic rings. The minimum absolute atomic E-state index is 0.0301. The van der Waals surface area contributed by atoms with Crippen LogP contribution in [0.25, 0.3) is 0 Å². The Morgan fingerprint density at radius 3 is 2.85 bits per heavy atom. The summed E-state index contributed by atoms with van der Waals surface area (Å²) in [5, 5.41) is 3.03. The predicted octanol–water partition coefficient (Wildman–Crippen LogP) is 2.34. The number of methoxy groups -OCH3 is 1. The summed E-state index contributed by atoms with van der Waals surface area (Å²) in [5.74, 6) is 0.901. The number of benzene rings is 1. The van der Waals surface area contributed by atoms with E-state index >= 15 is 0 Å². The number of amidine groups is 1. The zero-order valence-corrected chi connectivity index (χ0v) is 16.1. The summed E-state index contributed by atoms with van der Waals surface area (Å²) in [7, 11) is 3.69. The molecule has 2 heterocycles. The zero-order chi connectivity index (χ0) is 19.2. The molecular formula is C21H26N4O2. The first-order valence-electron chi connectivity index (χ1n) is 9.15. The molecular weight excluding hydrogens is 340 g/mol. The summed E-state index contributed by atoms with van der Waals surface area (Å²) in [4.78, 5) is 23.6. The van der Waals surface area contributed by atoms with E-state index in [1.807, 2.05) is 56.6 Å². The van der Waals surface area contributed by atoms with Gasteiger partial charge in [-0.05, 0) is 24.1 Å². The van der Waals surface area contributed by atoms with E-state index in [1.54, 1.807) is 7.11 Å². The molecule has 6 nitrogen and oxygen atoms in total. The van der Waals surface area contributed by atoms with Crippen LogP contribution in [0.15, 0.2) is 47.6 Å². The lowest BCUT2D eigenvalue weighted by molar-refractivity contribution is -0.121. The van der Waals surface area contributed by atoms with Gasteiger partial charge in [0, 0.05) is 32.5 Å². The highest BCUT2D eigenvalue weighted by Gasteiger charge is 2.21. The number of rotatable bonds is 7. The van der Waals surface area contributed by atoms with Gasteiger partial charge in [-0.2, -0.15) is 0 Å². The quantitative estimate of drug-likeness (QED) is 0.817. The summed E-state index contributed by atoms with van der Waals surface area (Å²) in [6, 6.07) is 11.9. The van der Waals surface area contributed by atoms with E-state index in [0.717, 1.165) is 34.8 Å². The number of likely N-dealkylation sites (N-methyl/N-ethyl adjacent to an activating group) is 1. The molecule has 3 rings (SSSR count). The van der Waals surface area contributed by atoms with Crippen LogP contribution in [0.1, 0.15) is 35.3 Å². The predicted molar refractivity (Wildman–Crippen MR) is 106 cm³/mol. The Hall–Kier alpha value is -2.73. The molecule has 0 unspecified atom stereocenters. The fourth-order valence-electron chi connectivity index (χ4n) is 3.16. The van der Waals surface area contributed by atoms with Crippen LogP contribution in [0.3, 0.4) is 0 Å². The molecule has 1 amide bonds. The molecule has 1 N–H and O–H groups in total. The summed E-state index contributed by atoms with van der Waals surface area (Å²) in [5.41, 5.74) is 4.01. The number of ether oxygens (including phenoxy) is 1. The number of hydrogen-bond donors (Lipinski definition) is 1. The minimum atomic E-state index is -0.0323. The molecule has 0 radical (unpaired) electrons. The maximum absolute atomic E-state index is 12.4. The fourth-order valence-corrected chi connectivity index (χ4v) is 3.16. The molecule has 0 aliphatic carbocycles. The van der Waals surface area contributed by atoms with Crippen molar-refractivity contribution in [3.8, 4) is 0 Å². The van der Waals surface area contributed by atoms with Crippen LogP contribution in [-0.4, -0.2) is 48.9 Å². The molecule has 1 aliphatic heterocycles. The van der Waals surface area contributed by atoms with Gasteiger partial charge in [-0.15, -0.1) is 0 Å². The van der Waals surface area contributed by atoms with Gasteiger partial charge in [0.05, 0.1) is 31.3 Å². The average molecular weight is 366 g/mol. The van der Waals surface area contributed by atoms with Crippen molar-refractivity contribution in [1.29, 1.82) is 0 Å². The number of aromatic nitrogens is 1. The van der Waals surface area contributed by atoms with Crippen LogP contribution in [0, 0.1) is 0 Å². The minimum Gasteiger partial charge on any atom is -0.383 e. The van der Waals surface area contributed by atoms with Crippen LogP contribution >= 0.6 is 0 Å². The highest BCUT2D eigenvalue weighted by Crippen LogP contribution is 2.21. The van der Waals surface area contributed by atoms with E-state index in [0.29, 0.717) is 13.2 Å². The Labute approximate surface area is 160 Å². The van der Waals surface area contributed by atoms with Crippen LogP contribution in [0.5, 0.6) is 0 Å². The molecule has 1 atom stereocenters. The lowest BCUT2D eigenvalue weighted by Crippen LogP contribution is -2.30. The number of hydrogen-bond acceptors (Lipinski definition) is 5. The van der Waals surface area contributed by atoms with E-state index in [9.17, 15) is 4.79 Å². The van der Waals surface area contributed by atoms with E-state index in [-0.39, 0.29) is 18.4 Å². The first-order valence-corrected chi connectivity index (χ1v) is 9.15. The molecule has 6 heteroatoms. The lowest BCUT2D eigenvalue weighted by atomic mass is 10.1. The molecule has 1 aromatic heterocycles. The summed E-state index contributed by atoms with van der Waals surface area (Å²) in [6.07, 6.45) is 2.09. The van der Waals surface area contributed by atoms with Crippen molar-refractivity contribution >= 4 is 11.7 Å². The Balaban J connectivity index is 1.61. The molecule has 0 spiro atoms. The molecule has 0 bridgehead atoms. The van der Waals surface area contributed by atoms with Crippen LogP contribution < -0.4 is 5.32 Å². The standard InChI is InChI=1S/C21H26N4O2/c1-15(16-7-5-4-6-8-16)24-20(26)12-18-11-17-13-23-21(19(17)14-22-18)25(2)9-10-27-3/h4-8,11,14-15H,9-10,12-13H2,1-3H3,(H,24,26)/t15-/m1/s1. The van der Waals surface area contributed by atoms with E-state index in [4.69, 9.17) is 4.74 Å². The van der Waals surface area contributed by atoms with Crippen molar-refractivity contribution in [1.82, 2.24) is 15.2 Å². The van der Waals surface area contributed by atoms with E-state index < -0.39 is 0 Å². The number of carbonyl (C=O) groups excluding carboxylic acids is 1. The SMILES string of the molecule is COCCN(C)C1=NCc2cc(CC(=O)N[C@H](C)c3ccccc3)ncc21. The highest BCUT2D eigenvalue weighted by molar-refractivity contribution is 6.01. The van der Waals surface area contributed by atoms with Gasteiger partial charge in [0.2, 0.25) is 5.91 Å². The van der Waals surface area contributed by atoms with Gasteiger partial charge in [0.25, 0.3) is 0 Å². The largest absolute Gasteiger partial charge is 0.383 e. The first kappa shape index (κ1) is 19.0. The molecule has 27 heavy (non-hydrogen) atoms. The van der Waals surface area contributed by atoms with Crippen molar-refractivity contribution in [3.63, 3.8) is 0 Å². The third kappa shape index (κ3) is 4.71. The second-order valence-electron chi connectivity index (χ2n) is 6.76. The third-order valence-corrected chi connectivity index (χ3v) is 4.70. The van der Waals surface area contributed by atoms with Crippen LogP contribution in [0.4, 0.5) is 0 Å². The zero-order valence-electron chi connectivity index (χ0n) is 16.1. The Morgan fingerprint density at radius 2 is 2.11 bits per heavy atom. The van der Waals surface area contributed by atoms with Gasteiger partial charge in [0.1, 0.15) is 5.84 Å². The van der Waals surface area contributed by atoms with Crippen LogP contribution in [-0.2, 0) is 22.5 Å². The lowest BCUT2D eigenvalue weighted by Gasteiger charge is -2.19. The smallest absolute Gasteiger partial charge is 0.226 e. The number of nitrogens with zero attached hydrogens (tertiary/aromatic N) is 3.